The fraction of sp³-hybridized carbons (Fsp3) is 0.294. The van der Waals surface area contributed by atoms with E-state index in [0.29, 0.717) is 6.61 Å². The molecule has 21 heavy (non-hydrogen) atoms. The maximum Gasteiger partial charge on any atom is 0.122 e. The smallest absolute Gasteiger partial charge is 0.122 e. The lowest BCUT2D eigenvalue weighted by Crippen LogP contribution is -2.27. The Labute approximate surface area is 134 Å². The van der Waals surface area contributed by atoms with Crippen LogP contribution in [0.3, 0.4) is 0 Å². The molecule has 112 valence electrons. The molecule has 0 atom stereocenters. The zero-order valence-electron chi connectivity index (χ0n) is 12.7. The fourth-order valence-corrected chi connectivity index (χ4v) is 2.85. The molecule has 4 heteroatoms. The van der Waals surface area contributed by atoms with Crippen molar-refractivity contribution in [3.63, 3.8) is 0 Å². The van der Waals surface area contributed by atoms with Crippen molar-refractivity contribution in [1.82, 2.24) is 0 Å². The van der Waals surface area contributed by atoms with Gasteiger partial charge in [-0.25, -0.2) is 5.84 Å². The summed E-state index contributed by atoms with van der Waals surface area (Å²) >= 11 is 3.47. The number of aryl methyl sites for hydroxylation is 2. The lowest BCUT2D eigenvalue weighted by molar-refractivity contribution is 0.303. The molecule has 0 aliphatic carbocycles. The zero-order valence-corrected chi connectivity index (χ0v) is 14.3. The molecule has 0 saturated heterocycles. The summed E-state index contributed by atoms with van der Waals surface area (Å²) in [6.45, 7) is 4.70. The van der Waals surface area contributed by atoms with Crippen LogP contribution in [0.1, 0.15) is 23.6 Å². The van der Waals surface area contributed by atoms with Crippen LogP contribution in [0.4, 0.5) is 5.69 Å². The van der Waals surface area contributed by atoms with Gasteiger partial charge in [-0.05, 0) is 48.7 Å². The SMILES string of the molecule is CCc1cccc(N(C)N)c1COc1ccc(Br)cc1C. The first-order valence-electron chi connectivity index (χ1n) is 7.01. The van der Waals surface area contributed by atoms with Crippen molar-refractivity contribution in [1.29, 1.82) is 0 Å². The van der Waals surface area contributed by atoms with Gasteiger partial charge in [0, 0.05) is 17.1 Å². The minimum Gasteiger partial charge on any atom is -0.489 e. The van der Waals surface area contributed by atoms with Crippen LogP contribution in [0.2, 0.25) is 0 Å². The van der Waals surface area contributed by atoms with Crippen molar-refractivity contribution in [2.75, 3.05) is 12.1 Å². The van der Waals surface area contributed by atoms with E-state index in [1.807, 2.05) is 38.2 Å². The lowest BCUT2D eigenvalue weighted by Gasteiger charge is -2.20. The van der Waals surface area contributed by atoms with E-state index in [4.69, 9.17) is 10.6 Å². The molecule has 2 aromatic carbocycles. The Morgan fingerprint density at radius 2 is 2.00 bits per heavy atom. The average molecular weight is 349 g/mol. The van der Waals surface area contributed by atoms with Crippen LogP contribution < -0.4 is 15.6 Å². The summed E-state index contributed by atoms with van der Waals surface area (Å²) in [4.78, 5) is 0. The Hall–Kier alpha value is -1.52. The van der Waals surface area contributed by atoms with Gasteiger partial charge in [0.25, 0.3) is 0 Å². The second-order valence-corrected chi connectivity index (χ2v) is 5.99. The first-order valence-corrected chi connectivity index (χ1v) is 7.80. The van der Waals surface area contributed by atoms with Crippen molar-refractivity contribution in [3.05, 3.63) is 57.6 Å². The van der Waals surface area contributed by atoms with E-state index >= 15 is 0 Å². The summed E-state index contributed by atoms with van der Waals surface area (Å²) in [7, 11) is 1.85. The molecule has 0 spiro atoms. The van der Waals surface area contributed by atoms with Gasteiger partial charge in [0.1, 0.15) is 12.4 Å². The molecular formula is C17H21BrN2O. The quantitative estimate of drug-likeness (QED) is 0.649. The molecule has 0 bridgehead atoms. The van der Waals surface area contributed by atoms with E-state index < -0.39 is 0 Å². The van der Waals surface area contributed by atoms with Gasteiger partial charge >= 0.3 is 0 Å². The van der Waals surface area contributed by atoms with Gasteiger partial charge in [-0.15, -0.1) is 0 Å². The zero-order chi connectivity index (χ0) is 15.4. The molecule has 0 unspecified atom stereocenters. The predicted octanol–water partition coefficient (Wildman–Crippen LogP) is 4.21. The molecule has 0 fully saturated rings. The highest BCUT2D eigenvalue weighted by atomic mass is 79.9. The van der Waals surface area contributed by atoms with E-state index in [0.717, 1.165) is 33.5 Å². The Bertz CT molecular complexity index is 626. The molecule has 0 aliphatic rings. The van der Waals surface area contributed by atoms with Gasteiger partial charge in [-0.3, -0.25) is 0 Å². The van der Waals surface area contributed by atoms with Gasteiger partial charge in [0.2, 0.25) is 0 Å². The third-order valence-corrected chi connectivity index (χ3v) is 4.01. The second-order valence-electron chi connectivity index (χ2n) is 5.08. The first kappa shape index (κ1) is 15.9. The van der Waals surface area contributed by atoms with Crippen LogP contribution in [0.25, 0.3) is 0 Å². The highest BCUT2D eigenvalue weighted by Crippen LogP contribution is 2.27. The van der Waals surface area contributed by atoms with Crippen LogP contribution >= 0.6 is 15.9 Å². The molecule has 0 saturated carbocycles. The van der Waals surface area contributed by atoms with Crippen LogP contribution in [0.5, 0.6) is 5.75 Å². The number of hydrogen-bond acceptors (Lipinski definition) is 3. The monoisotopic (exact) mass is 348 g/mol. The minimum atomic E-state index is 0.517. The fourth-order valence-electron chi connectivity index (χ4n) is 2.37. The third-order valence-electron chi connectivity index (χ3n) is 3.52. The maximum atomic E-state index is 6.01. The Morgan fingerprint density at radius 1 is 1.24 bits per heavy atom. The number of ether oxygens (including phenoxy) is 1. The Kier molecular flexibility index (Phi) is 5.26. The van der Waals surface area contributed by atoms with Crippen LogP contribution in [0.15, 0.2) is 40.9 Å². The number of rotatable bonds is 5. The van der Waals surface area contributed by atoms with E-state index in [2.05, 4.69) is 35.0 Å². The summed E-state index contributed by atoms with van der Waals surface area (Å²) in [5, 5.41) is 1.65. The Morgan fingerprint density at radius 3 is 2.62 bits per heavy atom. The number of nitrogens with zero attached hydrogens (tertiary/aromatic N) is 1. The average Bonchev–Trinajstić information content (AvgIpc) is 2.45. The first-order chi connectivity index (χ1) is 10.0. The van der Waals surface area contributed by atoms with Gasteiger partial charge in [-0.1, -0.05) is 35.0 Å². The Balaban J connectivity index is 2.26. The van der Waals surface area contributed by atoms with E-state index in [9.17, 15) is 0 Å². The van der Waals surface area contributed by atoms with E-state index in [1.165, 1.54) is 5.56 Å². The molecule has 0 heterocycles. The highest BCUT2D eigenvalue weighted by Gasteiger charge is 2.11. The topological polar surface area (TPSA) is 38.5 Å². The summed E-state index contributed by atoms with van der Waals surface area (Å²) in [6, 6.07) is 12.2. The molecule has 0 amide bonds. The largest absolute Gasteiger partial charge is 0.489 e. The van der Waals surface area contributed by atoms with Gasteiger partial charge in [0.05, 0.1) is 5.69 Å². The minimum absolute atomic E-state index is 0.517. The molecule has 0 aliphatic heterocycles. The van der Waals surface area contributed by atoms with Crippen molar-refractivity contribution < 1.29 is 4.74 Å². The summed E-state index contributed by atoms with van der Waals surface area (Å²) in [6.07, 6.45) is 0.958. The van der Waals surface area contributed by atoms with Crippen LogP contribution in [-0.2, 0) is 13.0 Å². The normalized spacial score (nSPS) is 10.5. The molecule has 0 radical (unpaired) electrons. The highest BCUT2D eigenvalue weighted by molar-refractivity contribution is 9.10. The number of hydrazine groups is 1. The number of anilines is 1. The molecule has 0 aromatic heterocycles. The predicted molar refractivity (Wildman–Crippen MR) is 91.6 cm³/mol. The van der Waals surface area contributed by atoms with Gasteiger partial charge in [-0.2, -0.15) is 0 Å². The van der Waals surface area contributed by atoms with Crippen molar-refractivity contribution in [2.24, 2.45) is 5.84 Å². The third kappa shape index (κ3) is 3.77. The lowest BCUT2D eigenvalue weighted by atomic mass is 10.0. The summed E-state index contributed by atoms with van der Waals surface area (Å²) in [5.41, 5.74) is 4.53. The molecular weight excluding hydrogens is 328 g/mol. The van der Waals surface area contributed by atoms with E-state index in [-0.39, 0.29) is 0 Å². The molecule has 2 rings (SSSR count). The number of nitrogens with two attached hydrogens (primary N) is 1. The number of benzene rings is 2. The molecule has 2 N–H and O–H groups in total. The number of hydrogen-bond donors (Lipinski definition) is 1. The van der Waals surface area contributed by atoms with Gasteiger partial charge < -0.3 is 9.75 Å². The maximum absolute atomic E-state index is 6.01. The van der Waals surface area contributed by atoms with E-state index in [1.54, 1.807) is 5.01 Å². The van der Waals surface area contributed by atoms with Crippen molar-refractivity contribution in [3.8, 4) is 5.75 Å². The number of halogens is 1. The van der Waals surface area contributed by atoms with Crippen LogP contribution in [0, 0.1) is 6.92 Å². The van der Waals surface area contributed by atoms with Crippen LogP contribution in [-0.4, -0.2) is 7.05 Å². The standard InChI is InChI=1S/C17H21BrN2O/c1-4-13-6-5-7-16(20(3)19)15(13)11-21-17-9-8-14(18)10-12(17)2/h5-10H,4,11,19H2,1-3H3. The second kappa shape index (κ2) is 6.96. The van der Waals surface area contributed by atoms with Crippen molar-refractivity contribution >= 4 is 21.6 Å². The molecule has 2 aromatic rings. The van der Waals surface area contributed by atoms with Crippen molar-refractivity contribution in [2.45, 2.75) is 26.9 Å². The summed E-state index contributed by atoms with van der Waals surface area (Å²) < 4.78 is 7.07. The summed E-state index contributed by atoms with van der Waals surface area (Å²) in [5.74, 6) is 6.83. The molecule has 3 nitrogen and oxygen atoms in total. The van der Waals surface area contributed by atoms with Gasteiger partial charge in [0.15, 0.2) is 0 Å².